The zero-order chi connectivity index (χ0) is 5.70. The molecule has 0 aliphatic carbocycles. The fourth-order valence-corrected chi connectivity index (χ4v) is 1.02. The minimum atomic E-state index is 0. The lowest BCUT2D eigenvalue weighted by Crippen LogP contribution is -1.84. The Morgan fingerprint density at radius 3 is 1.78 bits per heavy atom. The van der Waals surface area contributed by atoms with Crippen molar-refractivity contribution in [2.75, 3.05) is 0 Å². The van der Waals surface area contributed by atoms with Crippen LogP contribution in [0.3, 0.4) is 0 Å². The molecule has 0 N–H and O–H groups in total. The first-order valence-electron chi connectivity index (χ1n) is 3.27. The summed E-state index contributed by atoms with van der Waals surface area (Å²) in [5.41, 5.74) is 0. The summed E-state index contributed by atoms with van der Waals surface area (Å²) in [4.78, 5) is 0. The van der Waals surface area contributed by atoms with Gasteiger partial charge in [-0.2, -0.15) is 0 Å². The maximum Gasteiger partial charge on any atom is 0.211 e. The first-order valence-corrected chi connectivity index (χ1v) is 4.68. The lowest BCUT2D eigenvalue weighted by atomic mass is 10.1. The molecule has 0 aromatic heterocycles. The van der Waals surface area contributed by atoms with Crippen LogP contribution >= 0.6 is 24.8 Å². The van der Waals surface area contributed by atoms with Gasteiger partial charge in [-0.25, -0.2) is 0 Å². The van der Waals surface area contributed by atoms with E-state index in [4.69, 9.17) is 0 Å². The number of halogens is 2. The third kappa shape index (κ3) is 17.6. The van der Waals surface area contributed by atoms with Gasteiger partial charge in [0.15, 0.2) is 0 Å². The number of hydrogen-bond acceptors (Lipinski definition) is 0. The van der Waals surface area contributed by atoms with Crippen LogP contribution < -0.4 is 0 Å². The third-order valence-electron chi connectivity index (χ3n) is 1.14. The van der Waals surface area contributed by atoms with Crippen LogP contribution in [0.25, 0.3) is 0 Å². The minimum Gasteiger partial charge on any atom is -0.147 e. The van der Waals surface area contributed by atoms with Gasteiger partial charge in [0.1, 0.15) is 0 Å². The molecule has 0 bridgehead atoms. The van der Waals surface area contributed by atoms with E-state index >= 15 is 0 Å². The summed E-state index contributed by atoms with van der Waals surface area (Å²) in [6.07, 6.45) is 2.90. The van der Waals surface area contributed by atoms with Gasteiger partial charge in [0.25, 0.3) is 0 Å². The highest BCUT2D eigenvalue weighted by molar-refractivity contribution is 6.08. The molecule has 0 aromatic rings. The van der Waals surface area contributed by atoms with Crippen LogP contribution in [0.15, 0.2) is 0 Å². The van der Waals surface area contributed by atoms with Crippen LogP contribution in [0.4, 0.5) is 0 Å². The Hall–Kier alpha value is 1.11. The topological polar surface area (TPSA) is 0 Å². The molecule has 0 aliphatic rings. The van der Waals surface area contributed by atoms with Crippen LogP contribution in [-0.2, 0) is 0 Å². The molecule has 0 atom stereocenters. The van der Waals surface area contributed by atoms with Gasteiger partial charge in [0.2, 0.25) is 16.3 Å². The van der Waals surface area contributed by atoms with Crippen molar-refractivity contribution >= 4 is 41.1 Å². The summed E-state index contributed by atoms with van der Waals surface area (Å²) in [5.74, 6) is 0.925. The Balaban J connectivity index is -0.000000180. The summed E-state index contributed by atoms with van der Waals surface area (Å²) in [6, 6.07) is 0. The van der Waals surface area contributed by atoms with Gasteiger partial charge < -0.3 is 0 Å². The van der Waals surface area contributed by atoms with E-state index < -0.39 is 0 Å². The van der Waals surface area contributed by atoms with Crippen molar-refractivity contribution < 1.29 is 0 Å². The van der Waals surface area contributed by atoms with Crippen molar-refractivity contribution in [3.05, 3.63) is 0 Å². The van der Waals surface area contributed by atoms with E-state index in [2.05, 4.69) is 13.8 Å². The third-order valence-corrected chi connectivity index (χ3v) is 1.84. The van der Waals surface area contributed by atoms with E-state index in [-0.39, 0.29) is 24.8 Å². The maximum absolute atomic E-state index is 2.29. The second-order valence-corrected chi connectivity index (χ2v) is 3.54. The van der Waals surface area contributed by atoms with Crippen molar-refractivity contribution in [3.63, 3.8) is 0 Å². The van der Waals surface area contributed by atoms with Crippen molar-refractivity contribution in [1.82, 2.24) is 0 Å². The number of rotatable bonds is 3. The van der Waals surface area contributed by atoms with E-state index in [9.17, 15) is 0 Å². The predicted molar refractivity (Wildman–Crippen MR) is 51.9 cm³/mol. The Labute approximate surface area is 79.0 Å². The zero-order valence-corrected chi connectivity index (χ0v) is 10.1. The molecule has 0 saturated carbocycles. The molecule has 3 heteroatoms. The largest absolute Gasteiger partial charge is 0.211 e. The fourth-order valence-electron chi connectivity index (χ4n) is 0.612. The molecule has 0 heterocycles. The molecule has 0 nitrogen and oxygen atoms in total. The Bertz CT molecular complexity index is 40.0. The molecule has 0 aliphatic heterocycles. The lowest BCUT2D eigenvalue weighted by Gasteiger charge is -1.98. The highest BCUT2D eigenvalue weighted by atomic mass is 35.5. The number of hydrogen-bond donors (Lipinski definition) is 0. The molecule has 0 aromatic carbocycles. The van der Waals surface area contributed by atoms with E-state index in [1.54, 1.807) is 0 Å². The second-order valence-electron chi connectivity index (χ2n) is 2.54. The molecule has 0 saturated heterocycles. The summed E-state index contributed by atoms with van der Waals surface area (Å²) < 4.78 is 0. The van der Waals surface area contributed by atoms with E-state index in [0.717, 1.165) is 5.92 Å². The van der Waals surface area contributed by atoms with E-state index in [1.165, 1.54) is 34.4 Å². The SMILES string of the molecule is CC(C)CC[CH2][AlH2].Cl.Cl. The normalized spacial score (nSPS) is 7.89. The molecular weight excluding hydrogens is 170 g/mol. The Morgan fingerprint density at radius 1 is 1.22 bits per heavy atom. The monoisotopic (exact) mass is 186 g/mol. The van der Waals surface area contributed by atoms with E-state index in [0.29, 0.717) is 0 Å². The van der Waals surface area contributed by atoms with Crippen LogP contribution in [-0.4, -0.2) is 16.3 Å². The van der Waals surface area contributed by atoms with Gasteiger partial charge in [-0.1, -0.05) is 26.7 Å². The molecule has 0 rings (SSSR count). The van der Waals surface area contributed by atoms with Gasteiger partial charge in [-0.05, 0) is 5.92 Å². The van der Waals surface area contributed by atoms with Gasteiger partial charge in [-0.15, -0.1) is 30.1 Å². The molecule has 0 radical (unpaired) electrons. The van der Waals surface area contributed by atoms with Gasteiger partial charge in [0.05, 0.1) is 0 Å². The van der Waals surface area contributed by atoms with Crippen molar-refractivity contribution in [2.45, 2.75) is 32.0 Å². The lowest BCUT2D eigenvalue weighted by molar-refractivity contribution is 0.576. The fraction of sp³-hybridized carbons (Fsp3) is 1.00. The Kier molecular flexibility index (Phi) is 21.9. The zero-order valence-electron chi connectivity index (χ0n) is 6.52. The predicted octanol–water partition coefficient (Wildman–Crippen LogP) is 2.32. The summed E-state index contributed by atoms with van der Waals surface area (Å²) in [7, 11) is 0. The smallest absolute Gasteiger partial charge is 0.147 e. The first kappa shape index (κ1) is 16.6. The highest BCUT2D eigenvalue weighted by Gasteiger charge is 1.88. The molecule has 0 amide bonds. The summed E-state index contributed by atoms with van der Waals surface area (Å²) >= 11 is 1.39. The van der Waals surface area contributed by atoms with Crippen LogP contribution in [0.2, 0.25) is 5.28 Å². The summed E-state index contributed by atoms with van der Waals surface area (Å²) in [5, 5.41) is 1.48. The molecule has 58 valence electrons. The first-order chi connectivity index (χ1) is 3.27. The minimum absolute atomic E-state index is 0. The molecule has 9 heavy (non-hydrogen) atoms. The molecule has 0 unspecified atom stereocenters. The molecule has 0 spiro atoms. The van der Waals surface area contributed by atoms with Crippen LogP contribution in [0, 0.1) is 5.92 Å². The average Bonchev–Trinajstić information content (AvgIpc) is 1.61. The molecular formula is C6H17AlCl2. The van der Waals surface area contributed by atoms with Crippen molar-refractivity contribution in [3.8, 4) is 0 Å². The Morgan fingerprint density at radius 2 is 1.67 bits per heavy atom. The summed E-state index contributed by atoms with van der Waals surface area (Å²) in [6.45, 7) is 4.58. The standard InChI is InChI=1S/C6H13.Al.2ClH.2H/c1-4-5-6(2)3;;;;;/h6H,1,4-5H2,2-3H3;;2*1H;;. The van der Waals surface area contributed by atoms with Crippen molar-refractivity contribution in [1.29, 1.82) is 0 Å². The van der Waals surface area contributed by atoms with Gasteiger partial charge in [0, 0.05) is 0 Å². The van der Waals surface area contributed by atoms with Crippen LogP contribution in [0.1, 0.15) is 26.7 Å². The average molecular weight is 187 g/mol. The quantitative estimate of drug-likeness (QED) is 0.594. The van der Waals surface area contributed by atoms with Gasteiger partial charge >= 0.3 is 0 Å². The van der Waals surface area contributed by atoms with Crippen LogP contribution in [0.5, 0.6) is 0 Å². The van der Waals surface area contributed by atoms with Gasteiger partial charge in [-0.3, -0.25) is 0 Å². The maximum atomic E-state index is 2.29. The van der Waals surface area contributed by atoms with Crippen molar-refractivity contribution in [2.24, 2.45) is 5.92 Å². The second kappa shape index (κ2) is 11.9. The van der Waals surface area contributed by atoms with E-state index in [1.807, 2.05) is 0 Å². The molecule has 0 fully saturated rings. The highest BCUT2D eigenvalue weighted by Crippen LogP contribution is 2.03.